The molecule has 1 amide bonds. The summed E-state index contributed by atoms with van der Waals surface area (Å²) in [6.07, 6.45) is -2.42. The van der Waals surface area contributed by atoms with Crippen molar-refractivity contribution in [3.8, 4) is 0 Å². The van der Waals surface area contributed by atoms with Crippen LogP contribution < -0.4 is 5.32 Å². The van der Waals surface area contributed by atoms with E-state index >= 15 is 0 Å². The van der Waals surface area contributed by atoms with E-state index < -0.39 is 35.1 Å². The smallest absolute Gasteiger partial charge is 0.345 e. The van der Waals surface area contributed by atoms with E-state index in [2.05, 4.69) is 10.3 Å². The number of nitrogens with zero attached hydrogens (tertiary/aromatic N) is 1. The quantitative estimate of drug-likeness (QED) is 0.838. The molecule has 0 aliphatic rings. The van der Waals surface area contributed by atoms with E-state index in [0.717, 1.165) is 18.3 Å². The summed E-state index contributed by atoms with van der Waals surface area (Å²) < 4.78 is 52.1. The molecule has 1 unspecified atom stereocenters. The maximum absolute atomic E-state index is 13.1. The van der Waals surface area contributed by atoms with Crippen molar-refractivity contribution in [3.05, 3.63) is 64.2 Å². The standard InChI is InChI=1S/C15H11ClF4N2O/c1-8(9-4-11(17)7-21-6-9)22-14(23)12-3-2-10(16)5-13(12)15(18,19)20/h2-8H,1H3,(H,22,23). The summed E-state index contributed by atoms with van der Waals surface area (Å²) in [6, 6.07) is 3.30. The highest BCUT2D eigenvalue weighted by Crippen LogP contribution is 2.34. The molecule has 1 heterocycles. The van der Waals surface area contributed by atoms with Gasteiger partial charge in [0.25, 0.3) is 5.91 Å². The normalized spacial score (nSPS) is 12.8. The second kappa shape index (κ2) is 6.54. The van der Waals surface area contributed by atoms with Crippen LogP contribution in [0.5, 0.6) is 0 Å². The zero-order valence-corrected chi connectivity index (χ0v) is 12.5. The molecule has 0 fully saturated rings. The largest absolute Gasteiger partial charge is 0.417 e. The van der Waals surface area contributed by atoms with E-state index in [1.165, 1.54) is 19.2 Å². The zero-order chi connectivity index (χ0) is 17.2. The molecular formula is C15H11ClF4N2O. The number of aromatic nitrogens is 1. The summed E-state index contributed by atoms with van der Waals surface area (Å²) in [4.78, 5) is 15.8. The predicted molar refractivity (Wildman–Crippen MR) is 76.5 cm³/mol. The lowest BCUT2D eigenvalue weighted by Crippen LogP contribution is -2.29. The maximum Gasteiger partial charge on any atom is 0.417 e. The Kier molecular flexibility index (Phi) is 4.89. The van der Waals surface area contributed by atoms with Crippen molar-refractivity contribution >= 4 is 17.5 Å². The van der Waals surface area contributed by atoms with Crippen molar-refractivity contribution in [1.29, 1.82) is 0 Å². The lowest BCUT2D eigenvalue weighted by Gasteiger charge is -2.17. The highest BCUT2D eigenvalue weighted by atomic mass is 35.5. The Bertz CT molecular complexity index is 734. The molecule has 0 radical (unpaired) electrons. The molecule has 0 aliphatic heterocycles. The van der Waals surface area contributed by atoms with Crippen LogP contribution in [0.15, 0.2) is 36.7 Å². The van der Waals surface area contributed by atoms with Gasteiger partial charge in [0.1, 0.15) is 5.82 Å². The van der Waals surface area contributed by atoms with Gasteiger partial charge in [0.05, 0.1) is 23.4 Å². The van der Waals surface area contributed by atoms with Gasteiger partial charge in [0.2, 0.25) is 0 Å². The molecule has 122 valence electrons. The van der Waals surface area contributed by atoms with Gasteiger partial charge in [0, 0.05) is 11.2 Å². The number of benzene rings is 1. The lowest BCUT2D eigenvalue weighted by molar-refractivity contribution is -0.137. The highest BCUT2D eigenvalue weighted by molar-refractivity contribution is 6.30. The van der Waals surface area contributed by atoms with Gasteiger partial charge in [-0.1, -0.05) is 11.6 Å². The number of nitrogens with one attached hydrogen (secondary N) is 1. The number of hydrogen-bond acceptors (Lipinski definition) is 2. The van der Waals surface area contributed by atoms with Crippen LogP contribution in [0, 0.1) is 5.82 Å². The molecular weight excluding hydrogens is 336 g/mol. The van der Waals surface area contributed by atoms with Crippen molar-refractivity contribution in [1.82, 2.24) is 10.3 Å². The summed E-state index contributed by atoms with van der Waals surface area (Å²) >= 11 is 5.56. The molecule has 23 heavy (non-hydrogen) atoms. The average molecular weight is 347 g/mol. The first-order valence-corrected chi connectivity index (χ1v) is 6.84. The molecule has 0 spiro atoms. The van der Waals surface area contributed by atoms with Crippen molar-refractivity contribution in [2.24, 2.45) is 0 Å². The zero-order valence-electron chi connectivity index (χ0n) is 11.8. The maximum atomic E-state index is 13.1. The van der Waals surface area contributed by atoms with Gasteiger partial charge in [-0.2, -0.15) is 13.2 Å². The Balaban J connectivity index is 2.28. The molecule has 0 aliphatic carbocycles. The van der Waals surface area contributed by atoms with Crippen LogP contribution in [0.3, 0.4) is 0 Å². The van der Waals surface area contributed by atoms with Gasteiger partial charge < -0.3 is 5.32 Å². The SMILES string of the molecule is CC(NC(=O)c1ccc(Cl)cc1C(F)(F)F)c1cncc(F)c1. The third-order valence-electron chi connectivity index (χ3n) is 3.11. The molecule has 1 aromatic heterocycles. The fourth-order valence-electron chi connectivity index (χ4n) is 1.97. The lowest BCUT2D eigenvalue weighted by atomic mass is 10.0. The minimum absolute atomic E-state index is 0.128. The van der Waals surface area contributed by atoms with Crippen LogP contribution in [0.1, 0.15) is 34.5 Å². The first-order chi connectivity index (χ1) is 10.7. The van der Waals surface area contributed by atoms with Crippen LogP contribution in [0.4, 0.5) is 17.6 Å². The van der Waals surface area contributed by atoms with E-state index in [0.29, 0.717) is 11.6 Å². The van der Waals surface area contributed by atoms with Gasteiger partial charge >= 0.3 is 6.18 Å². The Labute approximate surface area is 134 Å². The number of rotatable bonds is 3. The Morgan fingerprint density at radius 3 is 2.57 bits per heavy atom. The van der Waals surface area contributed by atoms with E-state index in [1.54, 1.807) is 0 Å². The third kappa shape index (κ3) is 4.19. The summed E-state index contributed by atoms with van der Waals surface area (Å²) in [7, 11) is 0. The number of amides is 1. The number of halogens is 5. The van der Waals surface area contributed by atoms with Gasteiger partial charge in [-0.3, -0.25) is 9.78 Å². The van der Waals surface area contributed by atoms with Crippen LogP contribution in [0.2, 0.25) is 5.02 Å². The topological polar surface area (TPSA) is 42.0 Å². The first kappa shape index (κ1) is 17.2. The van der Waals surface area contributed by atoms with Crippen LogP contribution >= 0.6 is 11.6 Å². The Hall–Kier alpha value is -2.15. The van der Waals surface area contributed by atoms with Crippen LogP contribution in [-0.4, -0.2) is 10.9 Å². The number of alkyl halides is 3. The van der Waals surface area contributed by atoms with Crippen molar-refractivity contribution < 1.29 is 22.4 Å². The molecule has 1 aromatic carbocycles. The minimum Gasteiger partial charge on any atom is -0.345 e. The molecule has 1 N–H and O–H groups in total. The number of carbonyl (C=O) groups excluding carboxylic acids is 1. The van der Waals surface area contributed by atoms with Crippen LogP contribution in [0.25, 0.3) is 0 Å². The molecule has 0 saturated carbocycles. The summed E-state index contributed by atoms with van der Waals surface area (Å²) in [6.45, 7) is 1.51. The molecule has 2 aromatic rings. The predicted octanol–water partition coefficient (Wildman–Crippen LogP) is 4.38. The monoisotopic (exact) mass is 346 g/mol. The fraction of sp³-hybridized carbons (Fsp3) is 0.200. The highest BCUT2D eigenvalue weighted by Gasteiger charge is 2.35. The second-order valence-corrected chi connectivity index (χ2v) is 5.26. The number of carbonyl (C=O) groups is 1. The van der Waals surface area contributed by atoms with Crippen molar-refractivity contribution in [2.45, 2.75) is 19.1 Å². The van der Waals surface area contributed by atoms with E-state index in [1.807, 2.05) is 0 Å². The van der Waals surface area contributed by atoms with Crippen molar-refractivity contribution in [3.63, 3.8) is 0 Å². The van der Waals surface area contributed by atoms with Gasteiger partial charge in [-0.05, 0) is 36.8 Å². The number of hydrogen-bond donors (Lipinski definition) is 1. The molecule has 0 bridgehead atoms. The number of pyridine rings is 1. The fourth-order valence-corrected chi connectivity index (χ4v) is 2.14. The average Bonchev–Trinajstić information content (AvgIpc) is 2.46. The molecule has 0 saturated heterocycles. The third-order valence-corrected chi connectivity index (χ3v) is 3.34. The van der Waals surface area contributed by atoms with Gasteiger partial charge in [-0.25, -0.2) is 4.39 Å². The van der Waals surface area contributed by atoms with E-state index in [-0.39, 0.29) is 5.02 Å². The molecule has 2 rings (SSSR count). The summed E-state index contributed by atoms with van der Waals surface area (Å²) in [5.41, 5.74) is -1.36. The van der Waals surface area contributed by atoms with Gasteiger partial charge in [0.15, 0.2) is 0 Å². The van der Waals surface area contributed by atoms with Gasteiger partial charge in [-0.15, -0.1) is 0 Å². The Morgan fingerprint density at radius 1 is 1.26 bits per heavy atom. The molecule has 3 nitrogen and oxygen atoms in total. The molecule has 1 atom stereocenters. The van der Waals surface area contributed by atoms with E-state index in [9.17, 15) is 22.4 Å². The summed E-state index contributed by atoms with van der Waals surface area (Å²) in [5, 5.41) is 2.25. The van der Waals surface area contributed by atoms with Crippen LogP contribution in [-0.2, 0) is 6.18 Å². The van der Waals surface area contributed by atoms with Crippen molar-refractivity contribution in [2.75, 3.05) is 0 Å². The van der Waals surface area contributed by atoms with E-state index in [4.69, 9.17) is 11.6 Å². The molecule has 8 heteroatoms. The minimum atomic E-state index is -4.72. The first-order valence-electron chi connectivity index (χ1n) is 6.46. The summed E-state index contributed by atoms with van der Waals surface area (Å²) in [5.74, 6) is -1.54. The second-order valence-electron chi connectivity index (χ2n) is 4.82. The Morgan fingerprint density at radius 2 is 1.96 bits per heavy atom.